The molecule has 3 aromatic rings. The van der Waals surface area contributed by atoms with Crippen LogP contribution in [0.3, 0.4) is 0 Å². The highest BCUT2D eigenvalue weighted by Gasteiger charge is 2.07. The minimum atomic E-state index is -0.256. The van der Waals surface area contributed by atoms with Gasteiger partial charge in [-0.15, -0.1) is 0 Å². The van der Waals surface area contributed by atoms with Crippen molar-refractivity contribution in [3.8, 4) is 0 Å². The lowest BCUT2D eigenvalue weighted by Gasteiger charge is -2.07. The monoisotopic (exact) mass is 324 g/mol. The molecule has 0 N–H and O–H groups in total. The fourth-order valence-corrected chi connectivity index (χ4v) is 2.75. The summed E-state index contributed by atoms with van der Waals surface area (Å²) in [6, 6.07) is 15.5. The van der Waals surface area contributed by atoms with Gasteiger partial charge in [-0.05, 0) is 30.2 Å². The van der Waals surface area contributed by atoms with Crippen molar-refractivity contribution in [3.63, 3.8) is 0 Å². The number of rotatable bonds is 5. The van der Waals surface area contributed by atoms with Gasteiger partial charge in [0.1, 0.15) is 11.6 Å². The predicted octanol–water partition coefficient (Wildman–Crippen LogP) is 3.77. The summed E-state index contributed by atoms with van der Waals surface area (Å²) in [4.78, 5) is 20.7. The number of para-hydroxylation sites is 2. The van der Waals surface area contributed by atoms with Crippen LogP contribution in [0.4, 0.5) is 0 Å². The van der Waals surface area contributed by atoms with E-state index in [0.717, 1.165) is 27.2 Å². The molecule has 0 spiro atoms. The van der Waals surface area contributed by atoms with E-state index in [1.807, 2.05) is 55.5 Å². The number of carbonyl (C=O) groups is 1. The zero-order chi connectivity index (χ0) is 16.1. The Morgan fingerprint density at radius 2 is 1.83 bits per heavy atom. The second-order valence-corrected chi connectivity index (χ2v) is 6.07. The standard InChI is InChI=1S/C18H16N2O2S/c1-13-6-2-3-7-14(13)11-22-18(21)12-23-17-10-19-15-8-4-5-9-16(15)20-17/h2-10H,11-12H2,1H3. The predicted molar refractivity (Wildman–Crippen MR) is 91.2 cm³/mol. The second-order valence-electron chi connectivity index (χ2n) is 5.07. The summed E-state index contributed by atoms with van der Waals surface area (Å²) in [5, 5.41) is 0.719. The summed E-state index contributed by atoms with van der Waals surface area (Å²) in [5.41, 5.74) is 3.81. The van der Waals surface area contributed by atoms with E-state index in [0.29, 0.717) is 6.61 Å². The molecular weight excluding hydrogens is 308 g/mol. The van der Waals surface area contributed by atoms with Gasteiger partial charge in [-0.1, -0.05) is 48.2 Å². The smallest absolute Gasteiger partial charge is 0.316 e. The lowest BCUT2D eigenvalue weighted by Crippen LogP contribution is -2.08. The van der Waals surface area contributed by atoms with Crippen molar-refractivity contribution in [2.24, 2.45) is 0 Å². The van der Waals surface area contributed by atoms with Crippen molar-refractivity contribution >= 4 is 28.8 Å². The minimum absolute atomic E-state index is 0.221. The second kappa shape index (κ2) is 7.24. The van der Waals surface area contributed by atoms with Crippen LogP contribution < -0.4 is 0 Å². The van der Waals surface area contributed by atoms with Gasteiger partial charge in [-0.25, -0.2) is 4.98 Å². The van der Waals surface area contributed by atoms with Gasteiger partial charge in [-0.3, -0.25) is 9.78 Å². The number of hydrogen-bond donors (Lipinski definition) is 0. The van der Waals surface area contributed by atoms with Crippen molar-refractivity contribution in [2.75, 3.05) is 5.75 Å². The maximum Gasteiger partial charge on any atom is 0.316 e. The molecular formula is C18H16N2O2S. The number of thioether (sulfide) groups is 1. The molecule has 0 aliphatic carbocycles. The first kappa shape index (κ1) is 15.5. The molecule has 4 nitrogen and oxygen atoms in total. The fourth-order valence-electron chi connectivity index (χ4n) is 2.11. The molecule has 0 radical (unpaired) electrons. The first-order chi connectivity index (χ1) is 11.2. The number of carbonyl (C=O) groups excluding carboxylic acids is 1. The van der Waals surface area contributed by atoms with Gasteiger partial charge in [0.15, 0.2) is 0 Å². The third kappa shape index (κ3) is 4.07. The lowest BCUT2D eigenvalue weighted by atomic mass is 10.1. The number of aromatic nitrogens is 2. The molecule has 3 rings (SSSR count). The van der Waals surface area contributed by atoms with E-state index < -0.39 is 0 Å². The first-order valence-electron chi connectivity index (χ1n) is 7.27. The summed E-state index contributed by atoms with van der Waals surface area (Å²) in [6.07, 6.45) is 1.68. The Morgan fingerprint density at radius 1 is 1.09 bits per heavy atom. The van der Waals surface area contributed by atoms with Crippen molar-refractivity contribution in [1.82, 2.24) is 9.97 Å². The fraction of sp³-hybridized carbons (Fsp3) is 0.167. The zero-order valence-corrected chi connectivity index (χ0v) is 13.5. The van der Waals surface area contributed by atoms with Crippen LogP contribution in [0.15, 0.2) is 59.8 Å². The number of nitrogens with zero attached hydrogens (tertiary/aromatic N) is 2. The van der Waals surface area contributed by atoms with Crippen LogP contribution in [0.5, 0.6) is 0 Å². The highest BCUT2D eigenvalue weighted by molar-refractivity contribution is 7.99. The molecule has 0 bridgehead atoms. The topological polar surface area (TPSA) is 52.1 Å². The van der Waals surface area contributed by atoms with Gasteiger partial charge in [0.25, 0.3) is 0 Å². The summed E-state index contributed by atoms with van der Waals surface area (Å²) < 4.78 is 5.31. The van der Waals surface area contributed by atoms with Gasteiger partial charge in [0, 0.05) is 0 Å². The molecule has 0 atom stereocenters. The first-order valence-corrected chi connectivity index (χ1v) is 8.25. The Morgan fingerprint density at radius 3 is 2.65 bits per heavy atom. The van der Waals surface area contributed by atoms with Crippen LogP contribution in [0.2, 0.25) is 0 Å². The molecule has 0 amide bonds. The van der Waals surface area contributed by atoms with E-state index in [9.17, 15) is 4.79 Å². The zero-order valence-electron chi connectivity index (χ0n) is 12.7. The van der Waals surface area contributed by atoms with Crippen LogP contribution >= 0.6 is 11.8 Å². The van der Waals surface area contributed by atoms with Crippen molar-refractivity contribution < 1.29 is 9.53 Å². The van der Waals surface area contributed by atoms with Crippen LogP contribution in [0.1, 0.15) is 11.1 Å². The Hall–Kier alpha value is -2.40. The number of hydrogen-bond acceptors (Lipinski definition) is 5. The maximum absolute atomic E-state index is 11.9. The van der Waals surface area contributed by atoms with E-state index in [1.54, 1.807) is 6.20 Å². The molecule has 1 aromatic heterocycles. The summed E-state index contributed by atoms with van der Waals surface area (Å²) in [5.74, 6) is -0.0352. The van der Waals surface area contributed by atoms with Crippen LogP contribution in [-0.2, 0) is 16.1 Å². The Kier molecular flexibility index (Phi) is 4.88. The SMILES string of the molecule is Cc1ccccc1COC(=O)CSc1cnc2ccccc2n1. The number of aryl methyl sites for hydroxylation is 1. The van der Waals surface area contributed by atoms with Gasteiger partial charge in [-0.2, -0.15) is 0 Å². The summed E-state index contributed by atoms with van der Waals surface area (Å²) >= 11 is 1.33. The van der Waals surface area contributed by atoms with Gasteiger partial charge >= 0.3 is 5.97 Å². The van der Waals surface area contributed by atoms with Crippen LogP contribution in [0.25, 0.3) is 11.0 Å². The van der Waals surface area contributed by atoms with E-state index in [2.05, 4.69) is 9.97 Å². The van der Waals surface area contributed by atoms with E-state index in [4.69, 9.17) is 4.74 Å². The Labute approximate surface area is 138 Å². The third-order valence-electron chi connectivity index (χ3n) is 3.41. The van der Waals surface area contributed by atoms with Gasteiger partial charge < -0.3 is 4.74 Å². The summed E-state index contributed by atoms with van der Waals surface area (Å²) in [7, 11) is 0. The largest absolute Gasteiger partial charge is 0.460 e. The highest BCUT2D eigenvalue weighted by Crippen LogP contribution is 2.18. The number of benzene rings is 2. The average Bonchev–Trinajstić information content (AvgIpc) is 2.59. The highest BCUT2D eigenvalue weighted by atomic mass is 32.2. The quantitative estimate of drug-likeness (QED) is 0.528. The number of ether oxygens (including phenoxy) is 1. The Bertz CT molecular complexity index is 836. The van der Waals surface area contributed by atoms with Crippen LogP contribution in [0, 0.1) is 6.92 Å². The molecule has 5 heteroatoms. The molecule has 0 unspecified atom stereocenters. The normalized spacial score (nSPS) is 10.7. The van der Waals surface area contributed by atoms with Crippen molar-refractivity contribution in [1.29, 1.82) is 0 Å². The van der Waals surface area contributed by atoms with Crippen LogP contribution in [-0.4, -0.2) is 21.7 Å². The Balaban J connectivity index is 1.54. The molecule has 0 saturated carbocycles. The number of fused-ring (bicyclic) bond motifs is 1. The lowest BCUT2D eigenvalue weighted by molar-refractivity contribution is -0.141. The van der Waals surface area contributed by atoms with Gasteiger partial charge in [0.05, 0.1) is 23.0 Å². The summed E-state index contributed by atoms with van der Waals surface area (Å²) in [6.45, 7) is 2.30. The molecule has 116 valence electrons. The number of esters is 1. The van der Waals surface area contributed by atoms with Crippen molar-refractivity contribution in [2.45, 2.75) is 18.6 Å². The maximum atomic E-state index is 11.9. The molecule has 1 heterocycles. The van der Waals surface area contributed by atoms with Crippen molar-refractivity contribution in [3.05, 3.63) is 65.9 Å². The molecule has 23 heavy (non-hydrogen) atoms. The minimum Gasteiger partial charge on any atom is -0.460 e. The van der Waals surface area contributed by atoms with E-state index >= 15 is 0 Å². The molecule has 0 fully saturated rings. The molecule has 0 aliphatic rings. The van der Waals surface area contributed by atoms with E-state index in [1.165, 1.54) is 11.8 Å². The average molecular weight is 324 g/mol. The molecule has 0 saturated heterocycles. The molecule has 2 aromatic carbocycles. The third-order valence-corrected chi connectivity index (χ3v) is 4.29. The van der Waals surface area contributed by atoms with E-state index in [-0.39, 0.29) is 11.7 Å². The molecule has 0 aliphatic heterocycles. The van der Waals surface area contributed by atoms with Gasteiger partial charge in [0.2, 0.25) is 0 Å².